The number of fused-ring (bicyclic) bond motifs is 1. The number of alkyl halides is 2. The summed E-state index contributed by atoms with van der Waals surface area (Å²) in [6.45, 7) is -0.654. The number of sulfonamides is 1. The number of urea groups is 1. The van der Waals surface area contributed by atoms with Crippen LogP contribution in [-0.2, 0) is 10.0 Å². The number of benzene rings is 2. The minimum atomic E-state index is -4.05. The summed E-state index contributed by atoms with van der Waals surface area (Å²) >= 11 is 0. The first-order valence-corrected chi connectivity index (χ1v) is 12.0. The number of hydrogen-bond acceptors (Lipinski definition) is 6. The van der Waals surface area contributed by atoms with Crippen molar-refractivity contribution >= 4 is 32.8 Å². The molecule has 0 aliphatic carbocycles. The number of carbonyl (C=O) groups excluding carboxylic acids is 1. The molecule has 1 aliphatic rings. The number of halogens is 4. The van der Waals surface area contributed by atoms with Gasteiger partial charge in [0.05, 0.1) is 23.3 Å². The van der Waals surface area contributed by atoms with Crippen LogP contribution in [0.4, 0.5) is 28.2 Å². The van der Waals surface area contributed by atoms with Crippen LogP contribution in [-0.4, -0.2) is 66.5 Å². The Balaban J connectivity index is 1.69. The molecule has 1 saturated heterocycles. The number of rotatable bonds is 6. The first kappa shape index (κ1) is 24.9. The zero-order valence-electron chi connectivity index (χ0n) is 18.1. The summed E-state index contributed by atoms with van der Waals surface area (Å²) in [6, 6.07) is 2.33. The van der Waals surface area contributed by atoms with Gasteiger partial charge >= 0.3 is 6.03 Å². The van der Waals surface area contributed by atoms with E-state index in [9.17, 15) is 35.9 Å². The van der Waals surface area contributed by atoms with E-state index in [0.29, 0.717) is 4.90 Å². The van der Waals surface area contributed by atoms with Gasteiger partial charge < -0.3 is 14.5 Å². The van der Waals surface area contributed by atoms with Gasteiger partial charge in [0, 0.05) is 12.1 Å². The van der Waals surface area contributed by atoms with Crippen LogP contribution >= 0.6 is 0 Å². The highest BCUT2D eigenvalue weighted by molar-refractivity contribution is 7.89. The average molecular weight is 516 g/mol. The zero-order chi connectivity index (χ0) is 25.5. The van der Waals surface area contributed by atoms with Gasteiger partial charge in [-0.25, -0.2) is 35.5 Å². The molecule has 2 heterocycles. The number of nitrogens with zero attached hydrogens (tertiary/aromatic N) is 2. The molecule has 2 unspecified atom stereocenters. The van der Waals surface area contributed by atoms with Crippen LogP contribution in [0.5, 0.6) is 0 Å². The quantitative estimate of drug-likeness (QED) is 0.433. The lowest BCUT2D eigenvalue weighted by Crippen LogP contribution is -2.51. The van der Waals surface area contributed by atoms with Crippen molar-refractivity contribution in [3.8, 4) is 11.1 Å². The Bertz CT molecular complexity index is 1360. The second-order valence-corrected chi connectivity index (χ2v) is 9.88. The summed E-state index contributed by atoms with van der Waals surface area (Å²) in [5, 5.41) is 15.5. The number of aliphatic hydroxyl groups excluding tert-OH is 1. The van der Waals surface area contributed by atoms with Crippen LogP contribution in [0, 0.1) is 11.6 Å². The molecule has 3 aromatic rings. The van der Waals surface area contributed by atoms with Crippen LogP contribution in [0.1, 0.15) is 6.92 Å². The molecule has 1 fully saturated rings. The van der Waals surface area contributed by atoms with Crippen molar-refractivity contribution in [3.05, 3.63) is 48.0 Å². The molecule has 0 radical (unpaired) electrons. The lowest BCUT2D eigenvalue weighted by Gasteiger charge is -2.26. The maximum Gasteiger partial charge on any atom is 0.323 e. The van der Waals surface area contributed by atoms with E-state index in [1.807, 2.05) is 4.72 Å². The Morgan fingerprint density at radius 1 is 1.23 bits per heavy atom. The highest BCUT2D eigenvalue weighted by Crippen LogP contribution is 2.38. The number of amides is 2. The van der Waals surface area contributed by atoms with E-state index in [4.69, 9.17) is 4.52 Å². The van der Waals surface area contributed by atoms with Crippen LogP contribution in [0.2, 0.25) is 0 Å². The molecular formula is C21H20F4N4O5S. The van der Waals surface area contributed by atoms with E-state index >= 15 is 0 Å². The van der Waals surface area contributed by atoms with Gasteiger partial charge in [0.15, 0.2) is 11.4 Å². The summed E-state index contributed by atoms with van der Waals surface area (Å²) in [5.74, 6) is -6.33. The minimum Gasteiger partial charge on any atom is -0.394 e. The van der Waals surface area contributed by atoms with Crippen LogP contribution < -0.4 is 10.0 Å². The van der Waals surface area contributed by atoms with Crippen LogP contribution in [0.25, 0.3) is 22.1 Å². The summed E-state index contributed by atoms with van der Waals surface area (Å²) in [4.78, 5) is 13.5. The summed E-state index contributed by atoms with van der Waals surface area (Å²) < 4.78 is 89.2. The van der Waals surface area contributed by atoms with Gasteiger partial charge in [-0.2, -0.15) is 0 Å². The highest BCUT2D eigenvalue weighted by Gasteiger charge is 2.58. The molecule has 1 aliphatic heterocycles. The molecule has 2 atom stereocenters. The molecule has 0 spiro atoms. The van der Waals surface area contributed by atoms with Crippen molar-refractivity contribution in [2.45, 2.75) is 24.9 Å². The molecule has 0 saturated carbocycles. The second kappa shape index (κ2) is 9.09. The van der Waals surface area contributed by atoms with Gasteiger partial charge in [-0.1, -0.05) is 23.4 Å². The van der Waals surface area contributed by atoms with Crippen molar-refractivity contribution < 1.29 is 40.4 Å². The lowest BCUT2D eigenvalue weighted by molar-refractivity contribution is -0.0557. The molecule has 14 heteroatoms. The smallest absolute Gasteiger partial charge is 0.323 e. The predicted octanol–water partition coefficient (Wildman–Crippen LogP) is 2.92. The number of aromatic nitrogens is 1. The molecule has 188 valence electrons. The average Bonchev–Trinajstić information content (AvgIpc) is 3.31. The number of carbonyl (C=O) groups is 1. The Labute approximate surface area is 196 Å². The molecule has 1 aromatic heterocycles. The normalized spacial score (nSPS) is 19.9. The fraction of sp³-hybridized carbons (Fsp3) is 0.333. The summed E-state index contributed by atoms with van der Waals surface area (Å²) in [5.41, 5.74) is -0.361. The molecule has 2 aromatic carbocycles. The zero-order valence-corrected chi connectivity index (χ0v) is 19.0. The summed E-state index contributed by atoms with van der Waals surface area (Å²) in [6.07, 6.45) is 0. The van der Waals surface area contributed by atoms with Crippen molar-refractivity contribution in [1.82, 2.24) is 14.8 Å². The largest absolute Gasteiger partial charge is 0.394 e. The SMILES string of the molecule is CCS(=O)(=O)NC1CN(C(=O)Nc2noc3cccc(-c4c(F)cccc4F)c23)C(CO)C1(F)F. The fourth-order valence-corrected chi connectivity index (χ4v) is 4.79. The maximum absolute atomic E-state index is 14.8. The number of hydrogen-bond donors (Lipinski definition) is 3. The molecular weight excluding hydrogens is 496 g/mol. The monoisotopic (exact) mass is 516 g/mol. The molecule has 4 rings (SSSR count). The van der Waals surface area contributed by atoms with Crippen molar-refractivity contribution in [1.29, 1.82) is 0 Å². The first-order chi connectivity index (χ1) is 16.5. The van der Waals surface area contributed by atoms with Gasteiger partial charge in [0.2, 0.25) is 10.0 Å². The number of aliphatic hydroxyl groups is 1. The Hall–Kier alpha value is -3.23. The van der Waals surface area contributed by atoms with Gasteiger partial charge in [-0.05, 0) is 25.1 Å². The third-order valence-electron chi connectivity index (χ3n) is 5.76. The van der Waals surface area contributed by atoms with Crippen molar-refractivity contribution in [2.24, 2.45) is 0 Å². The third-order valence-corrected chi connectivity index (χ3v) is 7.16. The molecule has 3 N–H and O–H groups in total. The first-order valence-electron chi connectivity index (χ1n) is 10.4. The Kier molecular flexibility index (Phi) is 6.46. The lowest BCUT2D eigenvalue weighted by atomic mass is 10.0. The molecule has 9 nitrogen and oxygen atoms in total. The minimum absolute atomic E-state index is 0.00584. The van der Waals surface area contributed by atoms with Crippen LogP contribution in [0.15, 0.2) is 40.9 Å². The number of likely N-dealkylation sites (tertiary alicyclic amines) is 1. The van der Waals surface area contributed by atoms with E-state index in [-0.39, 0.29) is 22.4 Å². The van der Waals surface area contributed by atoms with Crippen molar-refractivity contribution in [3.63, 3.8) is 0 Å². The van der Waals surface area contributed by atoms with Crippen molar-refractivity contribution in [2.75, 3.05) is 24.2 Å². The second-order valence-electron chi connectivity index (χ2n) is 7.84. The molecule has 0 bridgehead atoms. The van der Waals surface area contributed by atoms with E-state index in [2.05, 4.69) is 10.5 Å². The van der Waals surface area contributed by atoms with E-state index in [1.54, 1.807) is 0 Å². The van der Waals surface area contributed by atoms with E-state index < -0.39 is 70.2 Å². The van der Waals surface area contributed by atoms with Gasteiger partial charge in [-0.3, -0.25) is 5.32 Å². The Morgan fingerprint density at radius 3 is 2.51 bits per heavy atom. The van der Waals surface area contributed by atoms with Gasteiger partial charge in [-0.15, -0.1) is 0 Å². The fourth-order valence-electron chi connectivity index (χ4n) is 3.96. The highest BCUT2D eigenvalue weighted by atomic mass is 32.2. The topological polar surface area (TPSA) is 125 Å². The Morgan fingerprint density at radius 2 is 1.89 bits per heavy atom. The van der Waals surface area contributed by atoms with Gasteiger partial charge in [0.25, 0.3) is 5.92 Å². The standard InChI is InChI=1S/C21H20F4N4O5S/c1-2-35(32,33)28-15-9-29(16(10-30)21(15,24)25)20(31)26-19-18-11(5-3-8-14(18)34-27-19)17-12(22)6-4-7-13(17)23/h3-8,15-16,28,30H,2,9-10H2,1H3,(H,26,27,31). The van der Waals surface area contributed by atoms with Gasteiger partial charge in [0.1, 0.15) is 23.7 Å². The number of anilines is 1. The molecule has 35 heavy (non-hydrogen) atoms. The third kappa shape index (κ3) is 4.44. The maximum atomic E-state index is 14.8. The molecule has 2 amide bonds. The van der Waals surface area contributed by atoms with E-state index in [0.717, 1.165) is 12.1 Å². The number of nitrogens with one attached hydrogen (secondary N) is 2. The predicted molar refractivity (Wildman–Crippen MR) is 117 cm³/mol. The van der Waals surface area contributed by atoms with Crippen LogP contribution in [0.3, 0.4) is 0 Å². The summed E-state index contributed by atoms with van der Waals surface area (Å²) in [7, 11) is -4.05. The van der Waals surface area contributed by atoms with E-state index in [1.165, 1.54) is 31.2 Å².